The third-order valence-corrected chi connectivity index (χ3v) is 2.95. The van der Waals surface area contributed by atoms with Gasteiger partial charge in [-0.15, -0.1) is 0 Å². The maximum atomic E-state index is 11.8. The minimum absolute atomic E-state index is 0.0186. The molecule has 94 valence electrons. The summed E-state index contributed by atoms with van der Waals surface area (Å²) in [5, 5.41) is 8.99. The number of hydrogen-bond donors (Lipinski definition) is 1. The van der Waals surface area contributed by atoms with Gasteiger partial charge in [0.1, 0.15) is 0 Å². The van der Waals surface area contributed by atoms with Crippen LogP contribution < -0.4 is 0 Å². The topological polar surface area (TPSA) is 53.0 Å². The molecule has 0 saturated carbocycles. The van der Waals surface area contributed by atoms with E-state index in [0.717, 1.165) is 6.54 Å². The molecule has 0 aliphatic carbocycles. The van der Waals surface area contributed by atoms with Gasteiger partial charge >= 0.3 is 0 Å². The van der Waals surface area contributed by atoms with Gasteiger partial charge in [0.15, 0.2) is 0 Å². The number of morpholine rings is 1. The molecule has 1 amide bonds. The van der Waals surface area contributed by atoms with E-state index in [9.17, 15) is 4.79 Å². The molecule has 1 aliphatic rings. The highest BCUT2D eigenvalue weighted by Gasteiger charge is 2.23. The minimum Gasteiger partial charge on any atom is -0.394 e. The average Bonchev–Trinajstić information content (AvgIpc) is 2.28. The largest absolute Gasteiger partial charge is 0.394 e. The molecule has 0 aromatic rings. The smallest absolute Gasteiger partial charge is 0.236 e. The molecule has 5 nitrogen and oxygen atoms in total. The Morgan fingerprint density at radius 3 is 2.88 bits per heavy atom. The van der Waals surface area contributed by atoms with Crippen LogP contribution in [0.2, 0.25) is 0 Å². The van der Waals surface area contributed by atoms with E-state index in [0.29, 0.717) is 19.7 Å². The van der Waals surface area contributed by atoms with Crippen molar-refractivity contribution in [2.45, 2.75) is 26.0 Å². The number of carbonyl (C=O) groups is 1. The fraction of sp³-hybridized carbons (Fsp3) is 0.909. The first-order chi connectivity index (χ1) is 7.54. The molecule has 0 aromatic carbocycles. The average molecular weight is 230 g/mol. The summed E-state index contributed by atoms with van der Waals surface area (Å²) < 4.78 is 5.33. The summed E-state index contributed by atoms with van der Waals surface area (Å²) in [7, 11) is 1.82. The summed E-state index contributed by atoms with van der Waals surface area (Å²) in [6.45, 7) is 6.40. The van der Waals surface area contributed by atoms with Crippen molar-refractivity contribution >= 4 is 5.91 Å². The van der Waals surface area contributed by atoms with E-state index in [1.807, 2.05) is 25.8 Å². The second kappa shape index (κ2) is 6.18. The zero-order valence-corrected chi connectivity index (χ0v) is 10.3. The van der Waals surface area contributed by atoms with Crippen molar-refractivity contribution < 1.29 is 14.6 Å². The zero-order chi connectivity index (χ0) is 12.1. The molecule has 1 atom stereocenters. The molecule has 0 bridgehead atoms. The van der Waals surface area contributed by atoms with Gasteiger partial charge in [0.2, 0.25) is 5.91 Å². The number of rotatable bonds is 4. The predicted molar refractivity (Wildman–Crippen MR) is 61.2 cm³/mol. The number of amides is 1. The summed E-state index contributed by atoms with van der Waals surface area (Å²) in [5.41, 5.74) is 0. The molecule has 5 heteroatoms. The minimum atomic E-state index is -0.147. The Labute approximate surface area is 97.0 Å². The van der Waals surface area contributed by atoms with Crippen molar-refractivity contribution in [3.63, 3.8) is 0 Å². The van der Waals surface area contributed by atoms with Crippen molar-refractivity contribution in [1.82, 2.24) is 9.80 Å². The van der Waals surface area contributed by atoms with Crippen molar-refractivity contribution in [1.29, 1.82) is 0 Å². The van der Waals surface area contributed by atoms with Crippen molar-refractivity contribution in [3.8, 4) is 0 Å². The van der Waals surface area contributed by atoms with Gasteiger partial charge in [-0.25, -0.2) is 0 Å². The predicted octanol–water partition coefficient (Wildman–Crippen LogP) is -0.454. The lowest BCUT2D eigenvalue weighted by molar-refractivity contribution is -0.135. The van der Waals surface area contributed by atoms with Gasteiger partial charge in [0.25, 0.3) is 0 Å². The molecular weight excluding hydrogens is 208 g/mol. The second-order valence-corrected chi connectivity index (χ2v) is 4.51. The van der Waals surface area contributed by atoms with Crippen molar-refractivity contribution in [3.05, 3.63) is 0 Å². The van der Waals surface area contributed by atoms with Crippen LogP contribution in [-0.2, 0) is 9.53 Å². The van der Waals surface area contributed by atoms with E-state index >= 15 is 0 Å². The number of aliphatic hydroxyl groups excluding tert-OH is 1. The number of aliphatic hydroxyl groups is 1. The van der Waals surface area contributed by atoms with Gasteiger partial charge < -0.3 is 14.7 Å². The lowest BCUT2D eigenvalue weighted by atomic mass is 10.2. The van der Waals surface area contributed by atoms with Crippen molar-refractivity contribution in [2.75, 3.05) is 39.9 Å². The Morgan fingerprint density at radius 1 is 1.62 bits per heavy atom. The summed E-state index contributed by atoms with van der Waals surface area (Å²) in [6.07, 6.45) is -0.147. The highest BCUT2D eigenvalue weighted by atomic mass is 16.5. The lowest BCUT2D eigenvalue weighted by Gasteiger charge is -2.33. The normalized spacial score (nSPS) is 22.4. The lowest BCUT2D eigenvalue weighted by Crippen LogP contribution is -2.49. The van der Waals surface area contributed by atoms with E-state index in [2.05, 4.69) is 0 Å². The second-order valence-electron chi connectivity index (χ2n) is 4.51. The summed E-state index contributed by atoms with van der Waals surface area (Å²) in [4.78, 5) is 15.6. The van der Waals surface area contributed by atoms with E-state index in [1.54, 1.807) is 4.90 Å². The molecule has 1 fully saturated rings. The molecule has 0 spiro atoms. The molecule has 1 N–H and O–H groups in total. The molecule has 0 radical (unpaired) electrons. The third-order valence-electron chi connectivity index (χ3n) is 2.95. The van der Waals surface area contributed by atoms with Gasteiger partial charge in [0.05, 0.1) is 25.9 Å². The van der Waals surface area contributed by atoms with Gasteiger partial charge in [0, 0.05) is 26.2 Å². The van der Waals surface area contributed by atoms with Gasteiger partial charge in [-0.3, -0.25) is 9.69 Å². The summed E-state index contributed by atoms with van der Waals surface area (Å²) >= 11 is 0. The first-order valence-electron chi connectivity index (χ1n) is 5.75. The molecule has 1 heterocycles. The van der Waals surface area contributed by atoms with Gasteiger partial charge in [-0.1, -0.05) is 0 Å². The standard InChI is InChI=1S/C11H22N2O3/c1-9(2)12(3)11(15)7-13-4-5-16-10(6-13)8-14/h9-10,14H,4-8H2,1-3H3. The van der Waals surface area contributed by atoms with Crippen LogP contribution in [0.15, 0.2) is 0 Å². The van der Waals surface area contributed by atoms with Crippen LogP contribution in [0, 0.1) is 0 Å². The molecule has 0 aromatic heterocycles. The number of ether oxygens (including phenoxy) is 1. The molecule has 1 rings (SSSR count). The summed E-state index contributed by atoms with van der Waals surface area (Å²) in [5.74, 6) is 0.119. The zero-order valence-electron chi connectivity index (χ0n) is 10.3. The van der Waals surface area contributed by atoms with Crippen LogP contribution in [0.5, 0.6) is 0 Å². The van der Waals surface area contributed by atoms with Crippen LogP contribution in [0.25, 0.3) is 0 Å². The first-order valence-corrected chi connectivity index (χ1v) is 5.75. The molecular formula is C11H22N2O3. The quantitative estimate of drug-likeness (QED) is 0.710. The molecule has 1 saturated heterocycles. The van der Waals surface area contributed by atoms with Crippen LogP contribution in [0.1, 0.15) is 13.8 Å². The van der Waals surface area contributed by atoms with E-state index in [-0.39, 0.29) is 24.7 Å². The van der Waals surface area contributed by atoms with Gasteiger partial charge in [-0.05, 0) is 13.8 Å². The Kier molecular flexibility index (Phi) is 5.18. The van der Waals surface area contributed by atoms with Crippen LogP contribution in [-0.4, -0.2) is 72.9 Å². The molecule has 16 heavy (non-hydrogen) atoms. The maximum absolute atomic E-state index is 11.8. The van der Waals surface area contributed by atoms with Crippen LogP contribution in [0.4, 0.5) is 0 Å². The maximum Gasteiger partial charge on any atom is 0.236 e. The monoisotopic (exact) mass is 230 g/mol. The summed E-state index contributed by atoms with van der Waals surface area (Å²) in [6, 6.07) is 0.224. The number of hydrogen-bond acceptors (Lipinski definition) is 4. The van der Waals surface area contributed by atoms with Gasteiger partial charge in [-0.2, -0.15) is 0 Å². The molecule has 1 aliphatic heterocycles. The highest BCUT2D eigenvalue weighted by Crippen LogP contribution is 2.05. The van der Waals surface area contributed by atoms with Crippen LogP contribution >= 0.6 is 0 Å². The fourth-order valence-corrected chi connectivity index (χ4v) is 1.63. The third kappa shape index (κ3) is 3.73. The van der Waals surface area contributed by atoms with Crippen LogP contribution in [0.3, 0.4) is 0 Å². The van der Waals surface area contributed by atoms with E-state index < -0.39 is 0 Å². The number of nitrogens with zero attached hydrogens (tertiary/aromatic N) is 2. The molecule has 1 unspecified atom stereocenters. The first kappa shape index (κ1) is 13.4. The van der Waals surface area contributed by atoms with E-state index in [1.165, 1.54) is 0 Å². The van der Waals surface area contributed by atoms with Crippen molar-refractivity contribution in [2.24, 2.45) is 0 Å². The number of likely N-dealkylation sites (N-methyl/N-ethyl adjacent to an activating group) is 1. The fourth-order valence-electron chi connectivity index (χ4n) is 1.63. The highest BCUT2D eigenvalue weighted by molar-refractivity contribution is 5.78. The number of carbonyl (C=O) groups excluding carboxylic acids is 1. The van der Waals surface area contributed by atoms with E-state index in [4.69, 9.17) is 9.84 Å². The Hall–Kier alpha value is -0.650. The Morgan fingerprint density at radius 2 is 2.31 bits per heavy atom. The Bertz CT molecular complexity index is 233. The Balaban J connectivity index is 2.38. The SMILES string of the molecule is CC(C)N(C)C(=O)CN1CCOC(CO)C1.